The van der Waals surface area contributed by atoms with Crippen LogP contribution in [0.4, 0.5) is 11.4 Å². The van der Waals surface area contributed by atoms with Crippen molar-refractivity contribution in [3.05, 3.63) is 68.2 Å². The molecule has 0 heterocycles. The zero-order valence-electron chi connectivity index (χ0n) is 13.7. The van der Waals surface area contributed by atoms with Crippen LogP contribution >= 0.6 is 11.6 Å². The first-order valence-corrected chi connectivity index (χ1v) is 7.71. The SMILES string of the molecule is Cc1cc(C)c(NC(=O)/C=N/OCc2ccc([N+](=O)[O-])cc2)c(Cl)c1. The molecule has 0 fully saturated rings. The molecule has 0 aliphatic rings. The molecule has 0 saturated carbocycles. The van der Waals surface area contributed by atoms with Gasteiger partial charge in [-0.05, 0) is 48.7 Å². The molecule has 8 heteroatoms. The topological polar surface area (TPSA) is 93.8 Å². The van der Waals surface area contributed by atoms with E-state index in [1.807, 2.05) is 19.9 Å². The van der Waals surface area contributed by atoms with Crippen molar-refractivity contribution in [2.24, 2.45) is 5.16 Å². The van der Waals surface area contributed by atoms with Gasteiger partial charge in [-0.15, -0.1) is 0 Å². The number of nitrogens with zero attached hydrogens (tertiary/aromatic N) is 2. The summed E-state index contributed by atoms with van der Waals surface area (Å²) in [5.74, 6) is -0.474. The molecular weight excluding hydrogens is 346 g/mol. The number of carbonyl (C=O) groups is 1. The Morgan fingerprint density at radius 2 is 2.00 bits per heavy atom. The van der Waals surface area contributed by atoms with Crippen LogP contribution in [-0.2, 0) is 16.2 Å². The first kappa shape index (κ1) is 18.4. The van der Waals surface area contributed by atoms with Crippen molar-refractivity contribution < 1.29 is 14.6 Å². The van der Waals surface area contributed by atoms with Crippen LogP contribution in [0.2, 0.25) is 5.02 Å². The number of rotatable bonds is 6. The normalized spacial score (nSPS) is 10.7. The number of nitrogens with one attached hydrogen (secondary N) is 1. The highest BCUT2D eigenvalue weighted by molar-refractivity contribution is 6.37. The molecule has 0 saturated heterocycles. The van der Waals surface area contributed by atoms with Crippen LogP contribution in [0.3, 0.4) is 0 Å². The highest BCUT2D eigenvalue weighted by Crippen LogP contribution is 2.27. The molecule has 2 aromatic carbocycles. The summed E-state index contributed by atoms with van der Waals surface area (Å²) in [6.07, 6.45) is 1.00. The van der Waals surface area contributed by atoms with E-state index in [0.29, 0.717) is 16.3 Å². The lowest BCUT2D eigenvalue weighted by Gasteiger charge is -2.09. The van der Waals surface area contributed by atoms with Gasteiger partial charge in [0, 0.05) is 12.1 Å². The van der Waals surface area contributed by atoms with Gasteiger partial charge in [-0.2, -0.15) is 0 Å². The summed E-state index contributed by atoms with van der Waals surface area (Å²) in [6.45, 7) is 3.85. The van der Waals surface area contributed by atoms with Crippen molar-refractivity contribution in [2.45, 2.75) is 20.5 Å². The molecule has 7 nitrogen and oxygen atoms in total. The fraction of sp³-hybridized carbons (Fsp3) is 0.176. The van der Waals surface area contributed by atoms with Gasteiger partial charge in [-0.1, -0.05) is 22.8 Å². The number of hydrogen-bond acceptors (Lipinski definition) is 5. The van der Waals surface area contributed by atoms with E-state index in [1.165, 1.54) is 12.1 Å². The molecule has 0 radical (unpaired) electrons. The van der Waals surface area contributed by atoms with Crippen molar-refractivity contribution >= 4 is 35.1 Å². The molecule has 0 aromatic heterocycles. The number of anilines is 1. The average Bonchev–Trinajstić information content (AvgIpc) is 2.55. The third kappa shape index (κ3) is 5.29. The zero-order valence-corrected chi connectivity index (χ0v) is 14.4. The Labute approximate surface area is 149 Å². The number of amides is 1. The van der Waals surface area contributed by atoms with E-state index in [0.717, 1.165) is 17.3 Å². The van der Waals surface area contributed by atoms with Gasteiger partial charge in [0.15, 0.2) is 0 Å². The lowest BCUT2D eigenvalue weighted by atomic mass is 10.1. The maximum Gasteiger partial charge on any atom is 0.270 e. The molecule has 2 aromatic rings. The fourth-order valence-corrected chi connectivity index (χ4v) is 2.51. The van der Waals surface area contributed by atoms with E-state index in [4.69, 9.17) is 16.4 Å². The van der Waals surface area contributed by atoms with Crippen LogP contribution in [0.5, 0.6) is 0 Å². The second-order valence-corrected chi connectivity index (χ2v) is 5.77. The monoisotopic (exact) mass is 361 g/mol. The van der Waals surface area contributed by atoms with Gasteiger partial charge in [0.25, 0.3) is 11.6 Å². The fourth-order valence-electron chi connectivity index (χ4n) is 2.14. The number of nitro groups is 1. The summed E-state index contributed by atoms with van der Waals surface area (Å²) in [4.78, 5) is 27.0. The van der Waals surface area contributed by atoms with Crippen LogP contribution < -0.4 is 5.32 Å². The predicted octanol–water partition coefficient (Wildman–Crippen LogP) is 4.01. The summed E-state index contributed by atoms with van der Waals surface area (Å²) in [5.41, 5.74) is 3.07. The first-order valence-electron chi connectivity index (χ1n) is 7.33. The third-order valence-electron chi connectivity index (χ3n) is 3.30. The number of non-ortho nitro benzene ring substituents is 1. The molecule has 25 heavy (non-hydrogen) atoms. The van der Waals surface area contributed by atoms with Gasteiger partial charge in [0.2, 0.25) is 0 Å². The molecule has 130 valence electrons. The van der Waals surface area contributed by atoms with Gasteiger partial charge in [0.1, 0.15) is 12.8 Å². The Kier molecular flexibility index (Phi) is 6.08. The number of nitro benzene ring substituents is 1. The van der Waals surface area contributed by atoms with Gasteiger partial charge in [-0.3, -0.25) is 14.9 Å². The summed E-state index contributed by atoms with van der Waals surface area (Å²) >= 11 is 6.12. The number of hydrogen-bond donors (Lipinski definition) is 1. The minimum absolute atomic E-state index is 0.00280. The lowest BCUT2D eigenvalue weighted by molar-refractivity contribution is -0.384. The largest absolute Gasteiger partial charge is 0.391 e. The minimum Gasteiger partial charge on any atom is -0.391 e. The minimum atomic E-state index is -0.481. The second kappa shape index (κ2) is 8.25. The molecule has 2 rings (SSSR count). The maximum absolute atomic E-state index is 11.9. The van der Waals surface area contributed by atoms with E-state index in [2.05, 4.69) is 10.5 Å². The van der Waals surface area contributed by atoms with Crippen LogP contribution in [0.25, 0.3) is 0 Å². The van der Waals surface area contributed by atoms with Gasteiger partial charge >= 0.3 is 0 Å². The van der Waals surface area contributed by atoms with Gasteiger partial charge in [0.05, 0.1) is 15.6 Å². The number of halogens is 1. The summed E-state index contributed by atoms with van der Waals surface area (Å²) in [6, 6.07) is 9.52. The van der Waals surface area contributed by atoms with Crippen molar-refractivity contribution in [2.75, 3.05) is 5.32 Å². The second-order valence-electron chi connectivity index (χ2n) is 5.36. The molecule has 0 spiro atoms. The third-order valence-corrected chi connectivity index (χ3v) is 3.60. The quantitative estimate of drug-likeness (QED) is 0.478. The van der Waals surface area contributed by atoms with E-state index in [1.54, 1.807) is 18.2 Å². The van der Waals surface area contributed by atoms with Crippen molar-refractivity contribution in [3.8, 4) is 0 Å². The Morgan fingerprint density at radius 1 is 1.32 bits per heavy atom. The number of oxime groups is 1. The molecule has 0 aliphatic carbocycles. The first-order chi connectivity index (χ1) is 11.9. The highest BCUT2D eigenvalue weighted by Gasteiger charge is 2.08. The smallest absolute Gasteiger partial charge is 0.270 e. The zero-order chi connectivity index (χ0) is 18.4. The Morgan fingerprint density at radius 3 is 2.60 bits per heavy atom. The Balaban J connectivity index is 1.88. The van der Waals surface area contributed by atoms with E-state index in [-0.39, 0.29) is 12.3 Å². The summed E-state index contributed by atoms with van der Waals surface area (Å²) in [7, 11) is 0. The summed E-state index contributed by atoms with van der Waals surface area (Å²) in [5, 5.41) is 17.2. The summed E-state index contributed by atoms with van der Waals surface area (Å²) < 4.78 is 0. The van der Waals surface area contributed by atoms with E-state index >= 15 is 0 Å². The van der Waals surface area contributed by atoms with Gasteiger partial charge < -0.3 is 10.2 Å². The molecule has 1 N–H and O–H groups in total. The van der Waals surface area contributed by atoms with Crippen molar-refractivity contribution in [3.63, 3.8) is 0 Å². The Bertz CT molecular complexity index is 796. The lowest BCUT2D eigenvalue weighted by Crippen LogP contribution is -2.14. The molecule has 0 aliphatic heterocycles. The van der Waals surface area contributed by atoms with Crippen molar-refractivity contribution in [1.82, 2.24) is 0 Å². The number of benzene rings is 2. The molecule has 1 amide bonds. The van der Waals surface area contributed by atoms with Crippen LogP contribution in [-0.4, -0.2) is 17.0 Å². The predicted molar refractivity (Wildman–Crippen MR) is 95.9 cm³/mol. The molecular formula is C17H16ClN3O4. The van der Waals surface area contributed by atoms with Crippen LogP contribution in [0, 0.1) is 24.0 Å². The Hall–Kier alpha value is -2.93. The van der Waals surface area contributed by atoms with Crippen LogP contribution in [0.1, 0.15) is 16.7 Å². The average molecular weight is 362 g/mol. The highest BCUT2D eigenvalue weighted by atomic mass is 35.5. The molecule has 0 unspecified atom stereocenters. The van der Waals surface area contributed by atoms with E-state index in [9.17, 15) is 14.9 Å². The standard InChI is InChI=1S/C17H16ClN3O4/c1-11-7-12(2)17(15(18)8-11)20-16(22)9-19-25-10-13-3-5-14(6-4-13)21(23)24/h3-9H,10H2,1-2H3,(H,20,22)/b19-9+. The molecule has 0 atom stereocenters. The number of aryl methyl sites for hydroxylation is 2. The van der Waals surface area contributed by atoms with Gasteiger partial charge in [-0.25, -0.2) is 0 Å². The molecule has 0 bridgehead atoms. The van der Waals surface area contributed by atoms with E-state index < -0.39 is 10.8 Å². The maximum atomic E-state index is 11.9. The number of carbonyl (C=O) groups excluding carboxylic acids is 1. The van der Waals surface area contributed by atoms with Crippen LogP contribution in [0.15, 0.2) is 41.6 Å². The van der Waals surface area contributed by atoms with Crippen molar-refractivity contribution in [1.29, 1.82) is 0 Å².